The van der Waals surface area contributed by atoms with Crippen molar-refractivity contribution in [1.29, 1.82) is 0 Å². The predicted molar refractivity (Wildman–Crippen MR) is 238 cm³/mol. The maximum Gasteiger partial charge on any atom is 0.143 e. The number of furan rings is 1. The Kier molecular flexibility index (Phi) is 6.46. The van der Waals surface area contributed by atoms with Gasteiger partial charge in [0.2, 0.25) is 0 Å². The van der Waals surface area contributed by atoms with Crippen LogP contribution >= 0.6 is 0 Å². The molecule has 12 rings (SSSR count). The summed E-state index contributed by atoms with van der Waals surface area (Å²) in [6.07, 6.45) is 0. The maximum atomic E-state index is 6.63. The minimum absolute atomic E-state index is 0.124. The van der Waals surface area contributed by atoms with Gasteiger partial charge < -0.3 is 4.42 Å². The molecule has 1 nitrogen and oxygen atoms in total. The lowest BCUT2D eigenvalue weighted by molar-refractivity contribution is 0.666. The van der Waals surface area contributed by atoms with Crippen LogP contribution in [0.5, 0.6) is 0 Å². The van der Waals surface area contributed by atoms with Crippen LogP contribution in [-0.2, 0) is 5.41 Å². The van der Waals surface area contributed by atoms with Crippen molar-refractivity contribution in [3.63, 3.8) is 0 Å². The minimum Gasteiger partial charge on any atom is -0.455 e. The summed E-state index contributed by atoms with van der Waals surface area (Å²) in [4.78, 5) is 0. The van der Waals surface area contributed by atoms with E-state index in [4.69, 9.17) is 4.42 Å². The summed E-state index contributed by atoms with van der Waals surface area (Å²) >= 11 is 0. The van der Waals surface area contributed by atoms with Gasteiger partial charge in [-0.05, 0) is 106 Å². The first-order valence-electron chi connectivity index (χ1n) is 19.6. The average molecular weight is 713 g/mol. The van der Waals surface area contributed by atoms with Crippen molar-refractivity contribution >= 4 is 65.0 Å². The zero-order valence-corrected chi connectivity index (χ0v) is 31.2. The Labute approximate surface area is 325 Å². The molecule has 0 saturated carbocycles. The van der Waals surface area contributed by atoms with Gasteiger partial charge in [0.15, 0.2) is 0 Å². The first kappa shape index (κ1) is 31.4. The van der Waals surface area contributed by atoms with Crippen LogP contribution in [0.15, 0.2) is 186 Å². The Morgan fingerprint density at radius 1 is 0.339 bits per heavy atom. The van der Waals surface area contributed by atoms with E-state index < -0.39 is 0 Å². The molecule has 11 aromatic rings. The van der Waals surface area contributed by atoms with Gasteiger partial charge >= 0.3 is 0 Å². The zero-order valence-electron chi connectivity index (χ0n) is 31.2. The third-order valence-corrected chi connectivity index (χ3v) is 12.6. The highest BCUT2D eigenvalue weighted by Gasteiger charge is 2.38. The van der Waals surface area contributed by atoms with Gasteiger partial charge in [-0.2, -0.15) is 0 Å². The van der Waals surface area contributed by atoms with Crippen LogP contribution in [0, 0.1) is 0 Å². The minimum atomic E-state index is -0.124. The summed E-state index contributed by atoms with van der Waals surface area (Å²) < 4.78 is 6.63. The molecule has 1 aliphatic rings. The normalized spacial score (nSPS) is 13.3. The van der Waals surface area contributed by atoms with Crippen LogP contribution < -0.4 is 0 Å². The molecule has 56 heavy (non-hydrogen) atoms. The lowest BCUT2D eigenvalue weighted by Crippen LogP contribution is -2.15. The van der Waals surface area contributed by atoms with Crippen LogP contribution in [-0.4, -0.2) is 0 Å². The Morgan fingerprint density at radius 3 is 1.54 bits per heavy atom. The van der Waals surface area contributed by atoms with Gasteiger partial charge in [0.05, 0.1) is 0 Å². The summed E-state index contributed by atoms with van der Waals surface area (Å²) in [5.74, 6) is 0. The van der Waals surface area contributed by atoms with E-state index in [-0.39, 0.29) is 5.41 Å². The van der Waals surface area contributed by atoms with Crippen molar-refractivity contribution in [1.82, 2.24) is 0 Å². The monoisotopic (exact) mass is 712 g/mol. The molecule has 0 spiro atoms. The summed E-state index contributed by atoms with van der Waals surface area (Å²) in [6, 6.07) is 67.0. The number of benzene rings is 10. The lowest BCUT2D eigenvalue weighted by Gasteiger charge is -2.24. The van der Waals surface area contributed by atoms with Gasteiger partial charge in [-0.25, -0.2) is 0 Å². The van der Waals surface area contributed by atoms with E-state index >= 15 is 0 Å². The van der Waals surface area contributed by atoms with Gasteiger partial charge in [-0.15, -0.1) is 0 Å². The van der Waals surface area contributed by atoms with Crippen molar-refractivity contribution in [2.45, 2.75) is 19.3 Å². The Hall–Kier alpha value is -6.96. The zero-order chi connectivity index (χ0) is 37.1. The average Bonchev–Trinajstić information content (AvgIpc) is 3.75. The maximum absolute atomic E-state index is 6.63. The number of hydrogen-bond donors (Lipinski definition) is 0. The SMILES string of the molecule is CC1(C)c2ccc(-c3cccc(-c4c5ccccc5c(-c5cccc6c5oc5ccccc56)c5ccccc45)c3)cc2-c2c1c1ccccc1c1ccccc21. The van der Waals surface area contributed by atoms with Gasteiger partial charge in [-0.3, -0.25) is 0 Å². The second kappa shape index (κ2) is 11.5. The Bertz CT molecular complexity index is 3390. The van der Waals surface area contributed by atoms with Crippen molar-refractivity contribution < 1.29 is 4.42 Å². The number of hydrogen-bond acceptors (Lipinski definition) is 1. The lowest BCUT2D eigenvalue weighted by atomic mass is 9.79. The molecule has 1 heterocycles. The van der Waals surface area contributed by atoms with Gasteiger partial charge in [-0.1, -0.05) is 178 Å². The summed E-state index contributed by atoms with van der Waals surface area (Å²) in [5, 5.41) is 12.5. The Balaban J connectivity index is 1.08. The molecule has 0 N–H and O–H groups in total. The van der Waals surface area contributed by atoms with Crippen LogP contribution in [0.2, 0.25) is 0 Å². The Morgan fingerprint density at radius 2 is 0.839 bits per heavy atom. The molecule has 1 heteroatoms. The molecule has 1 aromatic heterocycles. The molecule has 0 fully saturated rings. The molecule has 0 aliphatic heterocycles. The molecule has 10 aromatic carbocycles. The van der Waals surface area contributed by atoms with E-state index in [1.54, 1.807) is 0 Å². The van der Waals surface area contributed by atoms with Gasteiger partial charge in [0, 0.05) is 27.3 Å². The predicted octanol–water partition coefficient (Wildman–Crippen LogP) is 15.5. The van der Waals surface area contributed by atoms with Crippen molar-refractivity contribution in [3.8, 4) is 44.5 Å². The molecule has 0 unspecified atom stereocenters. The molecular formula is C55H36O. The third kappa shape index (κ3) is 4.26. The van der Waals surface area contributed by atoms with Gasteiger partial charge in [0.25, 0.3) is 0 Å². The molecule has 262 valence electrons. The standard InChI is InChI=1S/C55H36O/c1-55(2)48-30-29-34(32-47(48)52-39-20-5-3-17-36(39)37-18-4-10-25-44(37)53(52)55)33-15-13-16-35(31-33)50-40-21-6-8-23-42(40)51(43-24-9-7-22-41(43)50)46-27-14-26-45-38-19-11-12-28-49(38)56-54(45)46/h3-32H,1-2H3. The van der Waals surface area contributed by atoms with Crippen LogP contribution in [0.3, 0.4) is 0 Å². The quantitative estimate of drug-likeness (QED) is 0.131. The topological polar surface area (TPSA) is 13.1 Å². The molecule has 1 aliphatic carbocycles. The van der Waals surface area contributed by atoms with Crippen LogP contribution in [0.25, 0.3) is 110 Å². The molecule has 0 bridgehead atoms. The fourth-order valence-corrected chi connectivity index (χ4v) is 10.2. The van der Waals surface area contributed by atoms with E-state index in [1.165, 1.54) is 93.2 Å². The largest absolute Gasteiger partial charge is 0.455 e. The van der Waals surface area contributed by atoms with Crippen LogP contribution in [0.4, 0.5) is 0 Å². The van der Waals surface area contributed by atoms with E-state index in [2.05, 4.69) is 190 Å². The van der Waals surface area contributed by atoms with Crippen molar-refractivity contribution in [2.75, 3.05) is 0 Å². The van der Waals surface area contributed by atoms with Crippen molar-refractivity contribution in [3.05, 3.63) is 193 Å². The number of para-hydroxylation sites is 2. The molecule has 0 radical (unpaired) electrons. The molecule has 0 saturated heterocycles. The summed E-state index contributed by atoms with van der Waals surface area (Å²) in [7, 11) is 0. The number of rotatable bonds is 3. The van der Waals surface area contributed by atoms with E-state index in [1.807, 2.05) is 6.07 Å². The smallest absolute Gasteiger partial charge is 0.143 e. The highest BCUT2D eigenvalue weighted by Crippen LogP contribution is 2.55. The van der Waals surface area contributed by atoms with E-state index in [0.29, 0.717) is 0 Å². The first-order chi connectivity index (χ1) is 27.6. The highest BCUT2D eigenvalue weighted by molar-refractivity contribution is 6.24. The molecular weight excluding hydrogens is 677 g/mol. The molecule has 0 amide bonds. The van der Waals surface area contributed by atoms with E-state index in [9.17, 15) is 0 Å². The molecule has 0 atom stereocenters. The van der Waals surface area contributed by atoms with Crippen LogP contribution in [0.1, 0.15) is 25.0 Å². The third-order valence-electron chi connectivity index (χ3n) is 12.6. The highest BCUT2D eigenvalue weighted by atomic mass is 16.3. The van der Waals surface area contributed by atoms with Crippen molar-refractivity contribution in [2.24, 2.45) is 0 Å². The summed E-state index contributed by atoms with van der Waals surface area (Å²) in [5.41, 5.74) is 14.5. The number of fused-ring (bicyclic) bond motifs is 13. The van der Waals surface area contributed by atoms with Gasteiger partial charge in [0.1, 0.15) is 11.2 Å². The fraction of sp³-hybridized carbons (Fsp3) is 0.0545. The fourth-order valence-electron chi connectivity index (χ4n) is 10.2. The first-order valence-corrected chi connectivity index (χ1v) is 19.6. The second-order valence-electron chi connectivity index (χ2n) is 15.9. The second-order valence-corrected chi connectivity index (χ2v) is 15.9. The van der Waals surface area contributed by atoms with E-state index in [0.717, 1.165) is 27.5 Å². The summed E-state index contributed by atoms with van der Waals surface area (Å²) in [6.45, 7) is 4.79.